The zero-order valence-corrected chi connectivity index (χ0v) is 21.0. The van der Waals surface area contributed by atoms with Gasteiger partial charge >= 0.3 is 12.1 Å². The predicted molar refractivity (Wildman–Crippen MR) is 134 cm³/mol. The molecule has 0 aliphatic carbocycles. The highest BCUT2D eigenvalue weighted by Crippen LogP contribution is 2.20. The molecule has 0 aromatic heterocycles. The Kier molecular flexibility index (Phi) is 11.0. The van der Waals surface area contributed by atoms with Crippen LogP contribution in [0.25, 0.3) is 0 Å². The van der Waals surface area contributed by atoms with Crippen LogP contribution in [-0.4, -0.2) is 47.1 Å². The molecule has 1 amide bonds. The van der Waals surface area contributed by atoms with Crippen LogP contribution in [0.2, 0.25) is 0 Å². The zero-order chi connectivity index (χ0) is 25.8. The quantitative estimate of drug-likeness (QED) is 0.451. The molecule has 1 aliphatic rings. The molecule has 4 N–H and O–H groups in total. The van der Waals surface area contributed by atoms with Gasteiger partial charge in [-0.2, -0.15) is 0 Å². The fourth-order valence-corrected chi connectivity index (χ4v) is 3.61. The van der Waals surface area contributed by atoms with Gasteiger partial charge in [-0.25, -0.2) is 9.59 Å². The molecule has 8 nitrogen and oxygen atoms in total. The van der Waals surface area contributed by atoms with Crippen molar-refractivity contribution in [1.29, 1.82) is 0 Å². The monoisotopic (exact) mass is 486 g/mol. The summed E-state index contributed by atoms with van der Waals surface area (Å²) in [5, 5.41) is 24.2. The van der Waals surface area contributed by atoms with E-state index < -0.39 is 23.7 Å². The van der Waals surface area contributed by atoms with Gasteiger partial charge in [-0.05, 0) is 69.7 Å². The molecule has 192 valence electrons. The molecule has 8 heteroatoms. The largest absolute Gasteiger partial charge is 0.508 e. The van der Waals surface area contributed by atoms with E-state index in [1.165, 1.54) is 11.1 Å². The zero-order valence-electron chi connectivity index (χ0n) is 21.0. The Morgan fingerprint density at radius 2 is 1.66 bits per heavy atom. The van der Waals surface area contributed by atoms with Gasteiger partial charge in [-0.15, -0.1) is 0 Å². The maximum absolute atomic E-state index is 11.6. The third kappa shape index (κ3) is 10.8. The van der Waals surface area contributed by atoms with Crippen LogP contribution in [0.15, 0.2) is 54.6 Å². The number of benzene rings is 2. The van der Waals surface area contributed by atoms with E-state index in [-0.39, 0.29) is 5.92 Å². The van der Waals surface area contributed by atoms with Gasteiger partial charge in [0, 0.05) is 25.8 Å². The lowest BCUT2D eigenvalue weighted by Gasteiger charge is -2.29. The number of aliphatic carboxylic acids is 1. The number of aromatic hydroxyl groups is 1. The summed E-state index contributed by atoms with van der Waals surface area (Å²) < 4.78 is 10.2. The highest BCUT2D eigenvalue weighted by atomic mass is 16.6. The first-order valence-electron chi connectivity index (χ1n) is 11.9. The number of carboxylic acids is 1. The molecule has 1 aliphatic heterocycles. The number of nitrogens with one attached hydrogen (secondary N) is 2. The SMILES string of the molecule is CC(C)(C)OC(=O)N[C@H](C(=O)O)C1CCOCC1.C[C@@H](NCc1ccc(O)cc1)c1ccccc1. The van der Waals surface area contributed by atoms with Gasteiger partial charge in [-0.1, -0.05) is 42.5 Å². The average molecular weight is 487 g/mol. The number of phenols is 1. The topological polar surface area (TPSA) is 117 Å². The minimum Gasteiger partial charge on any atom is -0.508 e. The van der Waals surface area contributed by atoms with Gasteiger partial charge < -0.3 is 30.3 Å². The number of carbonyl (C=O) groups excluding carboxylic acids is 1. The van der Waals surface area contributed by atoms with Crippen molar-refractivity contribution in [3.8, 4) is 5.75 Å². The molecular formula is C27H38N2O6. The molecule has 2 aromatic carbocycles. The summed E-state index contributed by atoms with van der Waals surface area (Å²) in [5.41, 5.74) is 1.82. The number of amides is 1. The fourth-order valence-electron chi connectivity index (χ4n) is 3.61. The van der Waals surface area contributed by atoms with Gasteiger partial charge in [0.25, 0.3) is 0 Å². The van der Waals surface area contributed by atoms with Crippen molar-refractivity contribution in [2.45, 2.75) is 64.8 Å². The standard InChI is InChI=1S/C15H17NO.C12H21NO5/c1-12(14-5-3-2-4-6-14)16-11-13-7-9-15(17)10-8-13;1-12(2,3)18-11(16)13-9(10(14)15)8-4-6-17-7-5-8/h2-10,12,16-17H,11H2,1H3;8-9H,4-7H2,1-3H3,(H,13,16)(H,14,15)/t12-;9-/m10/s1. The van der Waals surface area contributed by atoms with Gasteiger partial charge in [0.05, 0.1) is 0 Å². The molecule has 2 atom stereocenters. The lowest BCUT2D eigenvalue weighted by molar-refractivity contribution is -0.142. The Hall–Kier alpha value is -3.10. The Morgan fingerprint density at radius 3 is 2.20 bits per heavy atom. The molecule has 1 fully saturated rings. The van der Waals surface area contributed by atoms with Crippen molar-refractivity contribution < 1.29 is 29.3 Å². The van der Waals surface area contributed by atoms with Crippen LogP contribution in [0.4, 0.5) is 4.79 Å². The smallest absolute Gasteiger partial charge is 0.408 e. The second-order valence-corrected chi connectivity index (χ2v) is 9.59. The molecular weight excluding hydrogens is 448 g/mol. The lowest BCUT2D eigenvalue weighted by Crippen LogP contribution is -2.49. The molecule has 2 aromatic rings. The minimum atomic E-state index is -1.03. The maximum Gasteiger partial charge on any atom is 0.408 e. The van der Waals surface area contributed by atoms with Gasteiger partial charge in [0.15, 0.2) is 0 Å². The molecule has 0 radical (unpaired) electrons. The Labute approximate surface area is 207 Å². The Morgan fingerprint density at radius 1 is 1.06 bits per heavy atom. The highest BCUT2D eigenvalue weighted by molar-refractivity contribution is 5.80. The number of rotatable bonds is 7. The number of hydrogen-bond acceptors (Lipinski definition) is 6. The summed E-state index contributed by atoms with van der Waals surface area (Å²) in [5.74, 6) is -0.832. The maximum atomic E-state index is 11.6. The summed E-state index contributed by atoms with van der Waals surface area (Å²) in [6, 6.07) is 17.1. The molecule has 1 heterocycles. The van der Waals surface area contributed by atoms with Crippen LogP contribution in [0, 0.1) is 5.92 Å². The summed E-state index contributed by atoms with van der Waals surface area (Å²) in [4.78, 5) is 22.8. The number of phenolic OH excluding ortho intramolecular Hbond substituents is 1. The average Bonchev–Trinajstić information content (AvgIpc) is 2.82. The van der Waals surface area contributed by atoms with E-state index in [1.54, 1.807) is 32.9 Å². The van der Waals surface area contributed by atoms with E-state index in [9.17, 15) is 14.7 Å². The molecule has 0 spiro atoms. The van der Waals surface area contributed by atoms with E-state index in [1.807, 2.05) is 30.3 Å². The van der Waals surface area contributed by atoms with E-state index in [2.05, 4.69) is 29.7 Å². The first kappa shape index (κ1) is 28.1. The van der Waals surface area contributed by atoms with Crippen LogP contribution in [0.5, 0.6) is 5.75 Å². The molecule has 35 heavy (non-hydrogen) atoms. The molecule has 0 unspecified atom stereocenters. The summed E-state index contributed by atoms with van der Waals surface area (Å²) in [6.07, 6.45) is 0.570. The van der Waals surface area contributed by atoms with E-state index in [4.69, 9.17) is 14.6 Å². The van der Waals surface area contributed by atoms with Crippen molar-refractivity contribution >= 4 is 12.1 Å². The van der Waals surface area contributed by atoms with Crippen molar-refractivity contribution in [2.24, 2.45) is 5.92 Å². The van der Waals surface area contributed by atoms with E-state index in [0.717, 1.165) is 6.54 Å². The van der Waals surface area contributed by atoms with E-state index in [0.29, 0.717) is 37.8 Å². The van der Waals surface area contributed by atoms with Crippen LogP contribution < -0.4 is 10.6 Å². The fraction of sp³-hybridized carbons (Fsp3) is 0.481. The number of alkyl carbamates (subject to hydrolysis) is 1. The second kappa shape index (κ2) is 13.7. The van der Waals surface area contributed by atoms with Crippen LogP contribution in [0.1, 0.15) is 57.7 Å². The Balaban J connectivity index is 0.000000247. The van der Waals surface area contributed by atoms with Gasteiger partial charge in [0.1, 0.15) is 17.4 Å². The van der Waals surface area contributed by atoms with Crippen molar-refractivity contribution in [1.82, 2.24) is 10.6 Å². The summed E-state index contributed by atoms with van der Waals surface area (Å²) in [7, 11) is 0. The normalized spacial score (nSPS) is 15.8. The highest BCUT2D eigenvalue weighted by Gasteiger charge is 2.32. The number of hydrogen-bond donors (Lipinski definition) is 4. The number of carboxylic acid groups (broad SMARTS) is 1. The molecule has 0 bridgehead atoms. The molecule has 3 rings (SSSR count). The first-order chi connectivity index (χ1) is 16.5. The Bertz CT molecular complexity index is 906. The second-order valence-electron chi connectivity index (χ2n) is 9.59. The predicted octanol–water partition coefficient (Wildman–Crippen LogP) is 4.63. The third-order valence-corrected chi connectivity index (χ3v) is 5.52. The summed E-state index contributed by atoms with van der Waals surface area (Å²) >= 11 is 0. The van der Waals surface area contributed by atoms with Gasteiger partial charge in [-0.3, -0.25) is 0 Å². The first-order valence-corrected chi connectivity index (χ1v) is 11.9. The van der Waals surface area contributed by atoms with Gasteiger partial charge in [0.2, 0.25) is 0 Å². The van der Waals surface area contributed by atoms with Crippen molar-refractivity contribution in [3.63, 3.8) is 0 Å². The number of carbonyl (C=O) groups is 2. The third-order valence-electron chi connectivity index (χ3n) is 5.52. The van der Waals surface area contributed by atoms with E-state index >= 15 is 0 Å². The minimum absolute atomic E-state index is 0.108. The lowest BCUT2D eigenvalue weighted by atomic mass is 9.92. The molecule has 1 saturated heterocycles. The van der Waals surface area contributed by atoms with Crippen molar-refractivity contribution in [3.05, 3.63) is 65.7 Å². The summed E-state index contributed by atoms with van der Waals surface area (Å²) in [6.45, 7) is 9.21. The van der Waals surface area contributed by atoms with Crippen LogP contribution >= 0.6 is 0 Å². The van der Waals surface area contributed by atoms with Crippen LogP contribution in [-0.2, 0) is 20.8 Å². The number of ether oxygens (including phenoxy) is 2. The van der Waals surface area contributed by atoms with Crippen molar-refractivity contribution in [2.75, 3.05) is 13.2 Å². The van der Waals surface area contributed by atoms with Crippen LogP contribution in [0.3, 0.4) is 0 Å². The molecule has 0 saturated carbocycles.